The zero-order valence-electron chi connectivity index (χ0n) is 10.4. The van der Waals surface area contributed by atoms with E-state index in [0.717, 1.165) is 0 Å². The molecule has 1 aromatic carbocycles. The fourth-order valence-electron chi connectivity index (χ4n) is 1.57. The van der Waals surface area contributed by atoms with Crippen molar-refractivity contribution in [2.75, 3.05) is 5.32 Å². The number of furan rings is 1. The van der Waals surface area contributed by atoms with E-state index in [0.29, 0.717) is 10.2 Å². The summed E-state index contributed by atoms with van der Waals surface area (Å²) in [6.45, 7) is 0.123. The van der Waals surface area contributed by atoms with Gasteiger partial charge < -0.3 is 14.5 Å². The van der Waals surface area contributed by atoms with Crippen molar-refractivity contribution in [1.29, 1.82) is 5.26 Å². The first kappa shape index (κ1) is 15.3. The first-order valence-corrected chi connectivity index (χ1v) is 6.44. The fourth-order valence-corrected chi connectivity index (χ4v) is 1.91. The monoisotopic (exact) mass is 360 g/mol. The molecule has 0 amide bonds. The molecule has 0 aliphatic rings. The number of alkyl halides is 3. The van der Waals surface area contributed by atoms with Gasteiger partial charge in [0.05, 0.1) is 12.2 Å². The highest BCUT2D eigenvalue weighted by Crippen LogP contribution is 2.33. The summed E-state index contributed by atoms with van der Waals surface area (Å²) in [7, 11) is 0. The molecule has 0 spiro atoms. The van der Waals surface area contributed by atoms with Crippen molar-refractivity contribution < 1.29 is 22.3 Å². The van der Waals surface area contributed by atoms with Gasteiger partial charge in [-0.1, -0.05) is 15.9 Å². The van der Waals surface area contributed by atoms with Crippen LogP contribution in [0.15, 0.2) is 39.2 Å². The Morgan fingerprint density at radius 2 is 2.05 bits per heavy atom. The van der Waals surface area contributed by atoms with Crippen molar-refractivity contribution in [2.45, 2.75) is 12.9 Å². The fraction of sp³-hybridized carbons (Fsp3) is 0.154. The lowest BCUT2D eigenvalue weighted by Crippen LogP contribution is -2.18. The second-order valence-electron chi connectivity index (χ2n) is 3.92. The predicted octanol–water partition coefficient (Wildman–Crippen LogP) is 4.42. The van der Waals surface area contributed by atoms with Crippen LogP contribution in [-0.4, -0.2) is 6.36 Å². The number of hydrogen-bond acceptors (Lipinski definition) is 4. The van der Waals surface area contributed by atoms with E-state index in [1.807, 2.05) is 6.07 Å². The maximum absolute atomic E-state index is 12.3. The average molecular weight is 361 g/mol. The molecule has 21 heavy (non-hydrogen) atoms. The van der Waals surface area contributed by atoms with Gasteiger partial charge in [-0.25, -0.2) is 0 Å². The SMILES string of the molecule is N#Cc1ccc(CNc2ccc(Br)cc2OC(F)(F)F)o1. The van der Waals surface area contributed by atoms with E-state index in [1.54, 1.807) is 12.1 Å². The van der Waals surface area contributed by atoms with Gasteiger partial charge in [0.15, 0.2) is 5.75 Å². The van der Waals surface area contributed by atoms with Crippen LogP contribution in [0.25, 0.3) is 0 Å². The molecular weight excluding hydrogens is 353 g/mol. The van der Waals surface area contributed by atoms with Gasteiger partial charge in [-0.05, 0) is 30.3 Å². The molecule has 1 aromatic heterocycles. The number of halogens is 4. The van der Waals surface area contributed by atoms with Crippen molar-refractivity contribution in [3.63, 3.8) is 0 Å². The molecule has 8 heteroatoms. The van der Waals surface area contributed by atoms with Crippen molar-refractivity contribution in [3.05, 3.63) is 46.3 Å². The smallest absolute Gasteiger partial charge is 0.449 e. The predicted molar refractivity (Wildman–Crippen MR) is 71.6 cm³/mol. The molecule has 0 atom stereocenters. The number of benzene rings is 1. The van der Waals surface area contributed by atoms with Gasteiger partial charge in [-0.15, -0.1) is 13.2 Å². The Hall–Kier alpha value is -2.14. The molecule has 0 bridgehead atoms. The van der Waals surface area contributed by atoms with E-state index in [-0.39, 0.29) is 23.7 Å². The summed E-state index contributed by atoms with van der Waals surface area (Å²) in [4.78, 5) is 0. The Kier molecular flexibility index (Phi) is 4.43. The second-order valence-corrected chi connectivity index (χ2v) is 4.84. The number of rotatable bonds is 4. The topological polar surface area (TPSA) is 58.2 Å². The van der Waals surface area contributed by atoms with Crippen LogP contribution in [-0.2, 0) is 6.54 Å². The van der Waals surface area contributed by atoms with Crippen LogP contribution < -0.4 is 10.1 Å². The first-order chi connectivity index (χ1) is 9.87. The maximum atomic E-state index is 12.3. The lowest BCUT2D eigenvalue weighted by atomic mass is 10.3. The Balaban J connectivity index is 2.14. The minimum atomic E-state index is -4.78. The number of nitrogens with zero attached hydrogens (tertiary/aromatic N) is 1. The molecule has 1 heterocycles. The Bertz CT molecular complexity index is 677. The van der Waals surface area contributed by atoms with Gasteiger partial charge >= 0.3 is 6.36 Å². The van der Waals surface area contributed by atoms with Crippen molar-refractivity contribution >= 4 is 21.6 Å². The summed E-state index contributed by atoms with van der Waals surface area (Å²) in [6, 6.07) is 9.09. The van der Waals surface area contributed by atoms with Crippen LogP contribution >= 0.6 is 15.9 Å². The molecule has 4 nitrogen and oxygen atoms in total. The minimum absolute atomic E-state index is 0.123. The summed E-state index contributed by atoms with van der Waals surface area (Å²) >= 11 is 3.08. The lowest BCUT2D eigenvalue weighted by molar-refractivity contribution is -0.274. The van der Waals surface area contributed by atoms with Gasteiger partial charge in [-0.2, -0.15) is 5.26 Å². The highest BCUT2D eigenvalue weighted by Gasteiger charge is 2.32. The van der Waals surface area contributed by atoms with Crippen LogP contribution in [0, 0.1) is 11.3 Å². The van der Waals surface area contributed by atoms with Crippen LogP contribution in [0.4, 0.5) is 18.9 Å². The number of ether oxygens (including phenoxy) is 1. The molecule has 0 saturated carbocycles. The standard InChI is InChI=1S/C13H8BrF3N2O2/c14-8-1-4-11(12(5-8)21-13(15,16)17)19-7-10-3-2-9(6-18)20-10/h1-5,19H,7H2. The maximum Gasteiger partial charge on any atom is 0.573 e. The van der Waals surface area contributed by atoms with E-state index in [1.165, 1.54) is 18.2 Å². The van der Waals surface area contributed by atoms with E-state index < -0.39 is 6.36 Å². The van der Waals surface area contributed by atoms with E-state index in [9.17, 15) is 13.2 Å². The van der Waals surface area contributed by atoms with Crippen LogP contribution in [0.2, 0.25) is 0 Å². The molecule has 0 aliphatic heterocycles. The third kappa shape index (κ3) is 4.43. The summed E-state index contributed by atoms with van der Waals surface area (Å²) in [6.07, 6.45) is -4.78. The number of nitriles is 1. The van der Waals surface area contributed by atoms with Crippen LogP contribution in [0.5, 0.6) is 5.75 Å². The molecule has 110 valence electrons. The number of hydrogen-bond donors (Lipinski definition) is 1. The van der Waals surface area contributed by atoms with Gasteiger partial charge in [0.1, 0.15) is 11.8 Å². The van der Waals surface area contributed by atoms with Crippen LogP contribution in [0.3, 0.4) is 0 Å². The Morgan fingerprint density at radius 1 is 1.29 bits per heavy atom. The second kappa shape index (κ2) is 6.10. The van der Waals surface area contributed by atoms with Crippen LogP contribution in [0.1, 0.15) is 11.5 Å². The highest BCUT2D eigenvalue weighted by atomic mass is 79.9. The zero-order valence-corrected chi connectivity index (χ0v) is 12.0. The third-order valence-electron chi connectivity index (χ3n) is 2.39. The van der Waals surface area contributed by atoms with Gasteiger partial charge in [0.25, 0.3) is 0 Å². The highest BCUT2D eigenvalue weighted by molar-refractivity contribution is 9.10. The largest absolute Gasteiger partial charge is 0.573 e. The third-order valence-corrected chi connectivity index (χ3v) is 2.89. The normalized spacial score (nSPS) is 11.0. The van der Waals surface area contributed by atoms with Gasteiger partial charge in [0.2, 0.25) is 5.76 Å². The molecule has 0 saturated heterocycles. The van der Waals surface area contributed by atoms with E-state index in [2.05, 4.69) is 26.0 Å². The molecular formula is C13H8BrF3N2O2. The van der Waals surface area contributed by atoms with Crippen molar-refractivity contribution in [1.82, 2.24) is 0 Å². The molecule has 0 fully saturated rings. The Labute approximate surface area is 126 Å². The molecule has 0 aliphatic carbocycles. The first-order valence-electron chi connectivity index (χ1n) is 5.65. The summed E-state index contributed by atoms with van der Waals surface area (Å²) in [5, 5.41) is 11.4. The molecule has 1 N–H and O–H groups in total. The van der Waals surface area contributed by atoms with Gasteiger partial charge in [-0.3, -0.25) is 0 Å². The molecule has 0 unspecified atom stereocenters. The number of anilines is 1. The van der Waals surface area contributed by atoms with E-state index >= 15 is 0 Å². The van der Waals surface area contributed by atoms with Crippen molar-refractivity contribution in [2.24, 2.45) is 0 Å². The molecule has 2 rings (SSSR count). The summed E-state index contributed by atoms with van der Waals surface area (Å²) < 4.78 is 46.6. The average Bonchev–Trinajstić information content (AvgIpc) is 2.84. The zero-order chi connectivity index (χ0) is 15.5. The quantitative estimate of drug-likeness (QED) is 0.876. The number of nitrogens with one attached hydrogen (secondary N) is 1. The summed E-state index contributed by atoms with van der Waals surface area (Å²) in [5.41, 5.74) is 0.158. The minimum Gasteiger partial charge on any atom is -0.449 e. The van der Waals surface area contributed by atoms with Gasteiger partial charge in [0, 0.05) is 4.47 Å². The lowest BCUT2D eigenvalue weighted by Gasteiger charge is -2.14. The van der Waals surface area contributed by atoms with Crippen molar-refractivity contribution in [3.8, 4) is 11.8 Å². The molecule has 0 radical (unpaired) electrons. The van der Waals surface area contributed by atoms with E-state index in [4.69, 9.17) is 9.68 Å². The molecule has 2 aromatic rings. The summed E-state index contributed by atoms with van der Waals surface area (Å²) in [5.74, 6) is 0.200. The Morgan fingerprint density at radius 3 is 2.67 bits per heavy atom.